The molecular weight excluding hydrogens is 468 g/mol. The van der Waals surface area contributed by atoms with Crippen LogP contribution in [0.1, 0.15) is 41.7 Å². The van der Waals surface area contributed by atoms with E-state index in [-0.39, 0.29) is 47.8 Å². The number of carbonyl (C=O) groups is 2. The fourth-order valence-electron chi connectivity index (χ4n) is 3.50. The second-order valence-corrected chi connectivity index (χ2v) is 9.87. The predicted octanol–water partition coefficient (Wildman–Crippen LogP) is 3.18. The molecule has 1 unspecified atom stereocenters. The average molecular weight is 495 g/mol. The van der Waals surface area contributed by atoms with Crippen molar-refractivity contribution < 1.29 is 27.5 Å². The Labute approximate surface area is 198 Å². The zero-order valence-corrected chi connectivity index (χ0v) is 19.9. The van der Waals surface area contributed by atoms with Crippen molar-refractivity contribution in [2.24, 2.45) is 0 Å². The standard InChI is InChI=1S/C23H27ClN2O6S/c1-2-6-20(17-7-4-3-5-8-17)25-22(27)16-32-23(28)18-9-10-19(24)21(15-18)33(29,30)26-11-13-31-14-12-26/h3-5,7-10,15,20H,2,6,11-14,16H2,1H3,(H,25,27). The molecule has 8 nitrogen and oxygen atoms in total. The molecule has 0 bridgehead atoms. The predicted molar refractivity (Wildman–Crippen MR) is 124 cm³/mol. The van der Waals surface area contributed by atoms with Crippen molar-refractivity contribution in [3.8, 4) is 0 Å². The lowest BCUT2D eigenvalue weighted by Crippen LogP contribution is -2.40. The van der Waals surface area contributed by atoms with Crippen molar-refractivity contribution in [2.45, 2.75) is 30.7 Å². The molecule has 1 fully saturated rings. The van der Waals surface area contributed by atoms with Crippen LogP contribution in [-0.2, 0) is 24.3 Å². The van der Waals surface area contributed by atoms with E-state index in [1.165, 1.54) is 22.5 Å². The summed E-state index contributed by atoms with van der Waals surface area (Å²) in [4.78, 5) is 24.7. The molecule has 1 atom stereocenters. The molecule has 0 saturated carbocycles. The van der Waals surface area contributed by atoms with Crippen molar-refractivity contribution >= 4 is 33.5 Å². The van der Waals surface area contributed by atoms with Gasteiger partial charge in [-0.05, 0) is 30.2 Å². The van der Waals surface area contributed by atoms with Gasteiger partial charge in [0, 0.05) is 13.1 Å². The van der Waals surface area contributed by atoms with Crippen LogP contribution in [-0.4, -0.2) is 57.5 Å². The van der Waals surface area contributed by atoms with Gasteiger partial charge in [0.05, 0.1) is 29.8 Å². The Bertz CT molecular complexity index is 1070. The van der Waals surface area contributed by atoms with Gasteiger partial charge in [0.2, 0.25) is 10.0 Å². The van der Waals surface area contributed by atoms with E-state index in [9.17, 15) is 18.0 Å². The number of sulfonamides is 1. The number of morpholine rings is 1. The fourth-order valence-corrected chi connectivity index (χ4v) is 5.41. The van der Waals surface area contributed by atoms with Crippen molar-refractivity contribution in [3.05, 3.63) is 64.7 Å². The van der Waals surface area contributed by atoms with Crippen LogP contribution in [0.3, 0.4) is 0 Å². The van der Waals surface area contributed by atoms with Crippen molar-refractivity contribution in [1.82, 2.24) is 9.62 Å². The molecule has 3 rings (SSSR count). The monoisotopic (exact) mass is 494 g/mol. The zero-order valence-electron chi connectivity index (χ0n) is 18.3. The van der Waals surface area contributed by atoms with Crippen molar-refractivity contribution in [1.29, 1.82) is 0 Å². The van der Waals surface area contributed by atoms with Crippen LogP contribution in [0.2, 0.25) is 5.02 Å². The first-order valence-electron chi connectivity index (χ1n) is 10.7. The van der Waals surface area contributed by atoms with E-state index >= 15 is 0 Å². The molecule has 0 spiro atoms. The summed E-state index contributed by atoms with van der Waals surface area (Å²) in [6, 6.07) is 13.2. The highest BCUT2D eigenvalue weighted by atomic mass is 35.5. The number of nitrogens with one attached hydrogen (secondary N) is 1. The van der Waals surface area contributed by atoms with Crippen LogP contribution in [0.15, 0.2) is 53.4 Å². The van der Waals surface area contributed by atoms with E-state index in [0.29, 0.717) is 0 Å². The second-order valence-electron chi connectivity index (χ2n) is 7.56. The Morgan fingerprint density at radius 3 is 2.52 bits per heavy atom. The minimum Gasteiger partial charge on any atom is -0.452 e. The largest absolute Gasteiger partial charge is 0.452 e. The number of halogens is 1. The van der Waals surface area contributed by atoms with Gasteiger partial charge in [0.15, 0.2) is 6.61 Å². The highest BCUT2D eigenvalue weighted by Crippen LogP contribution is 2.27. The zero-order chi connectivity index (χ0) is 23.8. The molecule has 1 aliphatic heterocycles. The number of ether oxygens (including phenoxy) is 2. The second kappa shape index (κ2) is 11.6. The van der Waals surface area contributed by atoms with E-state index in [1.54, 1.807) is 0 Å². The Morgan fingerprint density at radius 2 is 1.85 bits per heavy atom. The van der Waals surface area contributed by atoms with E-state index in [0.717, 1.165) is 18.4 Å². The molecule has 1 amide bonds. The maximum Gasteiger partial charge on any atom is 0.338 e. The molecule has 0 radical (unpaired) electrons. The topological polar surface area (TPSA) is 102 Å². The van der Waals surface area contributed by atoms with Crippen LogP contribution in [0.25, 0.3) is 0 Å². The molecule has 1 N–H and O–H groups in total. The van der Waals surface area contributed by atoms with Gasteiger partial charge in [-0.15, -0.1) is 0 Å². The molecule has 1 heterocycles. The third-order valence-electron chi connectivity index (χ3n) is 5.20. The maximum absolute atomic E-state index is 12.9. The first-order valence-corrected chi connectivity index (χ1v) is 12.5. The average Bonchev–Trinajstić information content (AvgIpc) is 2.83. The van der Waals surface area contributed by atoms with E-state index in [1.807, 2.05) is 37.3 Å². The minimum atomic E-state index is -3.90. The smallest absolute Gasteiger partial charge is 0.338 e. The van der Waals surface area contributed by atoms with Crippen molar-refractivity contribution in [2.75, 3.05) is 32.9 Å². The molecule has 1 saturated heterocycles. The molecule has 1 aliphatic rings. The van der Waals surface area contributed by atoms with Crippen LogP contribution in [0.5, 0.6) is 0 Å². The van der Waals surface area contributed by atoms with Gasteiger partial charge in [-0.2, -0.15) is 4.31 Å². The number of rotatable bonds is 9. The summed E-state index contributed by atoms with van der Waals surface area (Å²) in [5.41, 5.74) is 0.960. The van der Waals surface area contributed by atoms with Crippen LogP contribution in [0, 0.1) is 0 Å². The van der Waals surface area contributed by atoms with E-state index in [2.05, 4.69) is 5.32 Å². The molecular formula is C23H27ClN2O6S. The molecule has 2 aromatic carbocycles. The lowest BCUT2D eigenvalue weighted by molar-refractivity contribution is -0.125. The van der Waals surface area contributed by atoms with Crippen LogP contribution >= 0.6 is 11.6 Å². The Kier molecular flexibility index (Phi) is 8.85. The summed E-state index contributed by atoms with van der Waals surface area (Å²) < 4.78 is 37.5. The molecule has 33 heavy (non-hydrogen) atoms. The third-order valence-corrected chi connectivity index (χ3v) is 7.58. The highest BCUT2D eigenvalue weighted by Gasteiger charge is 2.29. The van der Waals surface area contributed by atoms with Gasteiger partial charge in [0.25, 0.3) is 5.91 Å². The lowest BCUT2D eigenvalue weighted by atomic mass is 10.0. The minimum absolute atomic E-state index is 0.000975. The number of esters is 1. The SMILES string of the molecule is CCCC(NC(=O)COC(=O)c1ccc(Cl)c(S(=O)(=O)N2CCOCC2)c1)c1ccccc1. The Hall–Kier alpha value is -2.46. The summed E-state index contributed by atoms with van der Waals surface area (Å²) in [6.45, 7) is 2.51. The number of hydrogen-bond acceptors (Lipinski definition) is 6. The first kappa shape index (κ1) is 25.2. The number of nitrogens with zero attached hydrogens (tertiary/aromatic N) is 1. The lowest BCUT2D eigenvalue weighted by Gasteiger charge is -2.26. The van der Waals surface area contributed by atoms with Gasteiger partial charge < -0.3 is 14.8 Å². The summed E-state index contributed by atoms with van der Waals surface area (Å²) in [5.74, 6) is -1.26. The molecule has 0 aliphatic carbocycles. The van der Waals surface area contributed by atoms with Gasteiger partial charge >= 0.3 is 5.97 Å². The summed E-state index contributed by atoms with van der Waals surface area (Å²) >= 11 is 6.12. The fraction of sp³-hybridized carbons (Fsp3) is 0.391. The molecule has 2 aromatic rings. The number of amides is 1. The van der Waals surface area contributed by atoms with E-state index < -0.39 is 28.5 Å². The molecule has 10 heteroatoms. The quantitative estimate of drug-likeness (QED) is 0.537. The van der Waals surface area contributed by atoms with E-state index in [4.69, 9.17) is 21.1 Å². The van der Waals surface area contributed by atoms with Crippen LogP contribution in [0.4, 0.5) is 0 Å². The van der Waals surface area contributed by atoms with Crippen LogP contribution < -0.4 is 5.32 Å². The maximum atomic E-state index is 12.9. The number of carbonyl (C=O) groups excluding carboxylic acids is 2. The van der Waals surface area contributed by atoms with Gasteiger partial charge in [-0.25, -0.2) is 13.2 Å². The number of hydrogen-bond donors (Lipinski definition) is 1. The summed E-state index contributed by atoms with van der Waals surface area (Å²) in [6.07, 6.45) is 1.61. The summed E-state index contributed by atoms with van der Waals surface area (Å²) in [5, 5.41) is 2.88. The highest BCUT2D eigenvalue weighted by molar-refractivity contribution is 7.89. The summed E-state index contributed by atoms with van der Waals surface area (Å²) in [7, 11) is -3.90. The van der Waals surface area contributed by atoms with Crippen molar-refractivity contribution in [3.63, 3.8) is 0 Å². The number of benzene rings is 2. The van der Waals surface area contributed by atoms with Gasteiger partial charge in [-0.3, -0.25) is 4.79 Å². The molecule has 178 valence electrons. The molecule has 0 aromatic heterocycles. The first-order chi connectivity index (χ1) is 15.8. The van der Waals surface area contributed by atoms with Gasteiger partial charge in [-0.1, -0.05) is 55.3 Å². The normalized spacial score (nSPS) is 15.6. The third kappa shape index (κ3) is 6.54. The van der Waals surface area contributed by atoms with Gasteiger partial charge in [0.1, 0.15) is 4.90 Å². The Morgan fingerprint density at radius 1 is 1.15 bits per heavy atom. The Balaban J connectivity index is 1.65.